The molecular weight excluding hydrogens is 314 g/mol. The van der Waals surface area contributed by atoms with Gasteiger partial charge in [0.15, 0.2) is 0 Å². The summed E-state index contributed by atoms with van der Waals surface area (Å²) in [6.45, 7) is 7.36. The topological polar surface area (TPSA) is 63.2 Å². The van der Waals surface area contributed by atoms with Crippen molar-refractivity contribution in [3.8, 4) is 0 Å². The Morgan fingerprint density at radius 1 is 1.00 bits per heavy atom. The van der Waals surface area contributed by atoms with Crippen LogP contribution < -0.4 is 10.2 Å². The van der Waals surface area contributed by atoms with Crippen molar-refractivity contribution in [1.29, 1.82) is 0 Å². The van der Waals surface area contributed by atoms with Crippen LogP contribution in [0, 0.1) is 13.8 Å². The van der Waals surface area contributed by atoms with Gasteiger partial charge in [-0.15, -0.1) is 0 Å². The number of morpholine rings is 1. The number of pyridine rings is 1. The van der Waals surface area contributed by atoms with Crippen molar-refractivity contribution in [2.75, 3.05) is 36.5 Å². The summed E-state index contributed by atoms with van der Waals surface area (Å²) in [5.41, 5.74) is 4.48. The van der Waals surface area contributed by atoms with Crippen molar-refractivity contribution in [2.45, 2.75) is 39.5 Å². The van der Waals surface area contributed by atoms with Gasteiger partial charge in [0.25, 0.3) is 0 Å². The molecule has 1 fully saturated rings. The Morgan fingerprint density at radius 3 is 2.60 bits per heavy atom. The first-order valence-electron chi connectivity index (χ1n) is 9.14. The molecule has 1 aliphatic carbocycles. The second-order valence-corrected chi connectivity index (χ2v) is 6.78. The van der Waals surface area contributed by atoms with Crippen molar-refractivity contribution in [2.24, 2.45) is 0 Å². The normalized spacial score (nSPS) is 17.3. The number of aromatic nitrogens is 3. The van der Waals surface area contributed by atoms with Gasteiger partial charge in [-0.25, -0.2) is 15.0 Å². The molecule has 1 N–H and O–H groups in total. The fraction of sp³-hybridized carbons (Fsp3) is 0.526. The van der Waals surface area contributed by atoms with Gasteiger partial charge in [-0.05, 0) is 51.7 Å². The van der Waals surface area contributed by atoms with Gasteiger partial charge in [-0.2, -0.15) is 0 Å². The molecule has 3 heterocycles. The second-order valence-electron chi connectivity index (χ2n) is 6.78. The molecule has 0 saturated carbocycles. The number of nitrogens with one attached hydrogen (secondary N) is 1. The lowest BCUT2D eigenvalue weighted by Gasteiger charge is -2.28. The van der Waals surface area contributed by atoms with Crippen LogP contribution >= 0.6 is 0 Å². The molecule has 6 heteroatoms. The number of rotatable bonds is 3. The van der Waals surface area contributed by atoms with Crippen LogP contribution in [0.25, 0.3) is 0 Å². The molecular formula is C19H25N5O. The molecule has 4 rings (SSSR count). The number of fused-ring (bicyclic) bond motifs is 1. The van der Waals surface area contributed by atoms with Crippen LogP contribution in [-0.4, -0.2) is 41.3 Å². The van der Waals surface area contributed by atoms with Gasteiger partial charge in [0.05, 0.1) is 24.6 Å². The molecule has 0 radical (unpaired) electrons. The van der Waals surface area contributed by atoms with Crippen LogP contribution in [0.15, 0.2) is 12.1 Å². The quantitative estimate of drug-likeness (QED) is 0.928. The SMILES string of the molecule is Cc1nc2c(c(Nc3ccc(N4CCOCC4)nc3C)n1)CCCC2. The maximum atomic E-state index is 5.42. The van der Waals surface area contributed by atoms with Crippen molar-refractivity contribution in [1.82, 2.24) is 15.0 Å². The van der Waals surface area contributed by atoms with Gasteiger partial charge in [-0.1, -0.05) is 0 Å². The van der Waals surface area contributed by atoms with Gasteiger partial charge in [-0.3, -0.25) is 0 Å². The van der Waals surface area contributed by atoms with E-state index in [4.69, 9.17) is 9.72 Å². The van der Waals surface area contributed by atoms with Crippen molar-refractivity contribution >= 4 is 17.3 Å². The first-order valence-corrected chi connectivity index (χ1v) is 9.14. The lowest BCUT2D eigenvalue weighted by atomic mass is 9.96. The van der Waals surface area contributed by atoms with Crippen LogP contribution in [0.4, 0.5) is 17.3 Å². The highest BCUT2D eigenvalue weighted by Gasteiger charge is 2.18. The molecule has 6 nitrogen and oxygen atoms in total. The summed E-state index contributed by atoms with van der Waals surface area (Å²) < 4.78 is 5.42. The number of hydrogen-bond acceptors (Lipinski definition) is 6. The average Bonchev–Trinajstić information content (AvgIpc) is 2.64. The number of anilines is 3. The van der Waals surface area contributed by atoms with Gasteiger partial charge in [0.2, 0.25) is 0 Å². The van der Waals surface area contributed by atoms with Crippen molar-refractivity contribution in [3.05, 3.63) is 34.9 Å². The van der Waals surface area contributed by atoms with Gasteiger partial charge >= 0.3 is 0 Å². The Kier molecular flexibility index (Phi) is 4.53. The highest BCUT2D eigenvalue weighted by molar-refractivity contribution is 5.64. The number of aryl methyl sites for hydroxylation is 3. The maximum Gasteiger partial charge on any atom is 0.137 e. The minimum absolute atomic E-state index is 0.771. The molecule has 0 atom stereocenters. The molecule has 25 heavy (non-hydrogen) atoms. The van der Waals surface area contributed by atoms with Crippen LogP contribution in [0.3, 0.4) is 0 Å². The Balaban J connectivity index is 1.60. The predicted molar refractivity (Wildman–Crippen MR) is 98.7 cm³/mol. The summed E-state index contributed by atoms with van der Waals surface area (Å²) in [6, 6.07) is 4.20. The Bertz CT molecular complexity index is 771. The van der Waals surface area contributed by atoms with Crippen LogP contribution in [0.2, 0.25) is 0 Å². The highest BCUT2D eigenvalue weighted by Crippen LogP contribution is 2.29. The fourth-order valence-corrected chi connectivity index (χ4v) is 3.60. The van der Waals surface area contributed by atoms with E-state index in [1.54, 1.807) is 0 Å². The summed E-state index contributed by atoms with van der Waals surface area (Å²) in [7, 11) is 0. The van der Waals surface area contributed by atoms with E-state index in [1.165, 1.54) is 24.1 Å². The molecule has 0 bridgehead atoms. The summed E-state index contributed by atoms with van der Waals surface area (Å²) >= 11 is 0. The summed E-state index contributed by atoms with van der Waals surface area (Å²) in [5.74, 6) is 2.80. The first-order chi connectivity index (χ1) is 12.2. The molecule has 0 amide bonds. The second kappa shape index (κ2) is 6.96. The van der Waals surface area contributed by atoms with Crippen LogP contribution in [0.1, 0.15) is 35.6 Å². The van der Waals surface area contributed by atoms with Crippen molar-refractivity contribution < 1.29 is 4.74 Å². The zero-order valence-electron chi connectivity index (χ0n) is 15.0. The maximum absolute atomic E-state index is 5.42. The molecule has 1 aliphatic heterocycles. The van der Waals surface area contributed by atoms with E-state index in [1.807, 2.05) is 13.8 Å². The third-order valence-corrected chi connectivity index (χ3v) is 4.95. The zero-order chi connectivity index (χ0) is 17.2. The molecule has 2 aromatic rings. The van der Waals surface area contributed by atoms with Gasteiger partial charge < -0.3 is 15.0 Å². The highest BCUT2D eigenvalue weighted by atomic mass is 16.5. The molecule has 2 aromatic heterocycles. The lowest BCUT2D eigenvalue weighted by Crippen LogP contribution is -2.36. The van der Waals surface area contributed by atoms with E-state index < -0.39 is 0 Å². The minimum atomic E-state index is 0.771. The van der Waals surface area contributed by atoms with E-state index in [-0.39, 0.29) is 0 Å². The predicted octanol–water partition coefficient (Wildman–Crippen LogP) is 2.95. The van der Waals surface area contributed by atoms with E-state index in [2.05, 4.69) is 32.3 Å². The largest absolute Gasteiger partial charge is 0.378 e. The van der Waals surface area contributed by atoms with E-state index in [9.17, 15) is 0 Å². The van der Waals surface area contributed by atoms with E-state index >= 15 is 0 Å². The molecule has 1 saturated heterocycles. The molecule has 0 unspecified atom stereocenters. The first kappa shape index (κ1) is 16.3. The Labute approximate surface area is 148 Å². The number of hydrogen-bond donors (Lipinski definition) is 1. The smallest absolute Gasteiger partial charge is 0.137 e. The van der Waals surface area contributed by atoms with E-state index in [0.29, 0.717) is 0 Å². The summed E-state index contributed by atoms with van der Waals surface area (Å²) in [5, 5.41) is 3.51. The van der Waals surface area contributed by atoms with Crippen LogP contribution in [-0.2, 0) is 17.6 Å². The standard InChI is InChI=1S/C19H25N5O/c1-13-16(7-8-18(20-13)24-9-11-25-12-10-24)23-19-15-5-3-4-6-17(15)21-14(2)22-19/h7-8H,3-6,9-12H2,1-2H3,(H,21,22,23). The Hall–Kier alpha value is -2.21. The van der Waals surface area contributed by atoms with Gasteiger partial charge in [0, 0.05) is 24.3 Å². The van der Waals surface area contributed by atoms with Crippen LogP contribution in [0.5, 0.6) is 0 Å². The third kappa shape index (κ3) is 3.44. The minimum Gasteiger partial charge on any atom is -0.378 e. The summed E-state index contributed by atoms with van der Waals surface area (Å²) in [4.78, 5) is 16.4. The van der Waals surface area contributed by atoms with Gasteiger partial charge in [0.1, 0.15) is 17.5 Å². The zero-order valence-corrected chi connectivity index (χ0v) is 15.0. The lowest BCUT2D eigenvalue weighted by molar-refractivity contribution is 0.122. The van der Waals surface area contributed by atoms with Crippen molar-refractivity contribution in [3.63, 3.8) is 0 Å². The van der Waals surface area contributed by atoms with E-state index in [0.717, 1.165) is 68.0 Å². The average molecular weight is 339 g/mol. The number of ether oxygens (including phenoxy) is 1. The monoisotopic (exact) mass is 339 g/mol. The molecule has 2 aliphatic rings. The fourth-order valence-electron chi connectivity index (χ4n) is 3.60. The number of nitrogens with zero attached hydrogens (tertiary/aromatic N) is 4. The molecule has 0 aromatic carbocycles. The molecule has 0 spiro atoms. The third-order valence-electron chi connectivity index (χ3n) is 4.95. The molecule has 132 valence electrons. The summed E-state index contributed by atoms with van der Waals surface area (Å²) in [6.07, 6.45) is 4.54. The Morgan fingerprint density at radius 2 is 1.80 bits per heavy atom.